The van der Waals surface area contributed by atoms with Crippen molar-refractivity contribution in [1.29, 1.82) is 0 Å². The van der Waals surface area contributed by atoms with Gasteiger partial charge < -0.3 is 19.5 Å². The van der Waals surface area contributed by atoms with Gasteiger partial charge in [0.1, 0.15) is 5.75 Å². The van der Waals surface area contributed by atoms with E-state index in [-0.39, 0.29) is 12.7 Å². The molecule has 30 heavy (non-hydrogen) atoms. The second-order valence-electron chi connectivity index (χ2n) is 7.89. The molecule has 0 bridgehead atoms. The summed E-state index contributed by atoms with van der Waals surface area (Å²) >= 11 is 0. The van der Waals surface area contributed by atoms with Crippen molar-refractivity contribution in [3.05, 3.63) is 71.8 Å². The van der Waals surface area contributed by atoms with Crippen LogP contribution in [0.1, 0.15) is 24.0 Å². The first-order chi connectivity index (χ1) is 14.6. The number of fused-ring (bicyclic) bond motifs is 1. The molecule has 0 aromatic heterocycles. The fraction of sp³-hybridized carbons (Fsp3) is 0.240. The monoisotopic (exact) mass is 401 g/mol. The Morgan fingerprint density at radius 1 is 0.967 bits per heavy atom. The Hall–Kier alpha value is -3.47. The van der Waals surface area contributed by atoms with Crippen molar-refractivity contribution in [2.45, 2.75) is 25.2 Å². The summed E-state index contributed by atoms with van der Waals surface area (Å²) in [7, 11) is 1.66. The Balaban J connectivity index is 1.42. The van der Waals surface area contributed by atoms with Crippen LogP contribution in [0, 0.1) is 6.92 Å². The molecule has 1 saturated carbocycles. The van der Waals surface area contributed by atoms with E-state index in [1.807, 2.05) is 36.4 Å². The molecule has 0 radical (unpaired) electrons. The first-order valence-electron chi connectivity index (χ1n) is 10.1. The van der Waals surface area contributed by atoms with Crippen LogP contribution in [0.3, 0.4) is 0 Å². The summed E-state index contributed by atoms with van der Waals surface area (Å²) in [6.07, 6.45) is 1.64. The van der Waals surface area contributed by atoms with Crippen molar-refractivity contribution >= 4 is 11.6 Å². The Morgan fingerprint density at radius 3 is 2.47 bits per heavy atom. The van der Waals surface area contributed by atoms with Crippen LogP contribution in [-0.4, -0.2) is 19.8 Å². The molecule has 1 aliphatic heterocycles. The van der Waals surface area contributed by atoms with Crippen molar-refractivity contribution in [3.8, 4) is 28.4 Å². The van der Waals surface area contributed by atoms with Crippen LogP contribution >= 0.6 is 0 Å². The number of carbonyl (C=O) groups is 1. The minimum atomic E-state index is -0.509. The number of aryl methyl sites for hydroxylation is 1. The summed E-state index contributed by atoms with van der Waals surface area (Å²) in [5.74, 6) is 2.21. The van der Waals surface area contributed by atoms with E-state index in [9.17, 15) is 4.79 Å². The third-order valence-corrected chi connectivity index (χ3v) is 5.93. The lowest BCUT2D eigenvalue weighted by Gasteiger charge is -2.17. The highest BCUT2D eigenvalue weighted by atomic mass is 16.7. The third kappa shape index (κ3) is 3.16. The number of benzene rings is 3. The number of hydrogen-bond acceptors (Lipinski definition) is 4. The molecule has 1 N–H and O–H groups in total. The van der Waals surface area contributed by atoms with Crippen molar-refractivity contribution < 1.29 is 19.0 Å². The summed E-state index contributed by atoms with van der Waals surface area (Å²) < 4.78 is 16.4. The third-order valence-electron chi connectivity index (χ3n) is 5.93. The maximum Gasteiger partial charge on any atom is 0.235 e. The Labute approximate surface area is 175 Å². The lowest BCUT2D eigenvalue weighted by atomic mass is 9.94. The number of methoxy groups -OCH3 is 1. The van der Waals surface area contributed by atoms with Gasteiger partial charge in [-0.1, -0.05) is 35.9 Å². The molecule has 5 heteroatoms. The number of anilines is 1. The lowest BCUT2D eigenvalue weighted by Crippen LogP contribution is -2.27. The van der Waals surface area contributed by atoms with Crippen molar-refractivity contribution in [3.63, 3.8) is 0 Å². The van der Waals surface area contributed by atoms with Gasteiger partial charge in [0.25, 0.3) is 0 Å². The van der Waals surface area contributed by atoms with Gasteiger partial charge in [0.2, 0.25) is 12.7 Å². The van der Waals surface area contributed by atoms with Crippen LogP contribution < -0.4 is 19.5 Å². The summed E-state index contributed by atoms with van der Waals surface area (Å²) in [5.41, 5.74) is 4.40. The van der Waals surface area contributed by atoms with Gasteiger partial charge in [0.15, 0.2) is 11.5 Å². The predicted octanol–water partition coefficient (Wildman–Crippen LogP) is 5.07. The molecule has 1 heterocycles. The first kappa shape index (κ1) is 18.6. The molecule has 0 saturated heterocycles. The van der Waals surface area contributed by atoms with E-state index in [4.69, 9.17) is 14.2 Å². The molecule has 0 unspecified atom stereocenters. The SMILES string of the molecule is COc1ccc(NC(=O)C2(c3ccc4c(c3)OCO4)CC2)cc1-c1ccc(C)cc1. The Morgan fingerprint density at radius 2 is 1.73 bits per heavy atom. The zero-order chi connectivity index (χ0) is 20.7. The van der Waals surface area contributed by atoms with Gasteiger partial charge in [-0.05, 0) is 61.2 Å². The quantitative estimate of drug-likeness (QED) is 0.649. The molecule has 0 atom stereocenters. The molecule has 3 aromatic rings. The van der Waals surface area contributed by atoms with Gasteiger partial charge in [0.05, 0.1) is 12.5 Å². The number of hydrogen-bond donors (Lipinski definition) is 1. The molecule has 1 fully saturated rings. The van der Waals surface area contributed by atoms with Crippen LogP contribution in [0.2, 0.25) is 0 Å². The van der Waals surface area contributed by atoms with Crippen LogP contribution in [0.15, 0.2) is 60.7 Å². The molecule has 5 rings (SSSR count). The molecular weight excluding hydrogens is 378 g/mol. The minimum absolute atomic E-state index is 0.00129. The highest BCUT2D eigenvalue weighted by Crippen LogP contribution is 2.51. The molecule has 152 valence electrons. The Kier molecular flexibility index (Phi) is 4.39. The van der Waals surface area contributed by atoms with Crippen LogP contribution in [0.5, 0.6) is 17.2 Å². The number of ether oxygens (including phenoxy) is 3. The highest BCUT2D eigenvalue weighted by Gasteiger charge is 2.51. The van der Waals surface area contributed by atoms with Crippen molar-refractivity contribution in [2.24, 2.45) is 0 Å². The van der Waals surface area contributed by atoms with Crippen LogP contribution in [0.4, 0.5) is 5.69 Å². The maximum atomic E-state index is 13.2. The van der Waals surface area contributed by atoms with Crippen molar-refractivity contribution in [2.75, 3.05) is 19.2 Å². The zero-order valence-electron chi connectivity index (χ0n) is 17.0. The number of carbonyl (C=O) groups excluding carboxylic acids is 1. The zero-order valence-corrected chi connectivity index (χ0v) is 17.0. The average Bonchev–Trinajstić information content (AvgIpc) is 3.45. The Bertz CT molecular complexity index is 1120. The van der Waals surface area contributed by atoms with Crippen LogP contribution in [0.25, 0.3) is 11.1 Å². The summed E-state index contributed by atoms with van der Waals surface area (Å²) in [5, 5.41) is 3.12. The van der Waals surface area contributed by atoms with Gasteiger partial charge in [-0.2, -0.15) is 0 Å². The molecule has 2 aliphatic rings. The van der Waals surface area contributed by atoms with E-state index in [1.54, 1.807) is 7.11 Å². The van der Waals surface area contributed by atoms with Crippen LogP contribution in [-0.2, 0) is 10.2 Å². The smallest absolute Gasteiger partial charge is 0.235 e. The normalized spacial score (nSPS) is 15.5. The van der Waals surface area contributed by atoms with Gasteiger partial charge in [-0.15, -0.1) is 0 Å². The fourth-order valence-electron chi connectivity index (χ4n) is 3.96. The molecule has 5 nitrogen and oxygen atoms in total. The van der Waals surface area contributed by atoms with E-state index in [1.165, 1.54) is 5.56 Å². The molecule has 1 amide bonds. The highest BCUT2D eigenvalue weighted by molar-refractivity contribution is 6.02. The fourth-order valence-corrected chi connectivity index (χ4v) is 3.96. The standard InChI is InChI=1S/C25H23NO4/c1-16-3-5-17(6-4-16)20-14-19(8-10-21(20)28-2)26-24(27)25(11-12-25)18-7-9-22-23(13-18)30-15-29-22/h3-10,13-14H,11-12,15H2,1-2H3,(H,26,27). The van der Waals surface area contributed by atoms with E-state index >= 15 is 0 Å². The molecule has 3 aromatic carbocycles. The minimum Gasteiger partial charge on any atom is -0.496 e. The van der Waals surface area contributed by atoms with E-state index < -0.39 is 5.41 Å². The first-order valence-corrected chi connectivity index (χ1v) is 10.1. The molecule has 0 spiro atoms. The van der Waals surface area contributed by atoms with Gasteiger partial charge in [0, 0.05) is 11.3 Å². The predicted molar refractivity (Wildman–Crippen MR) is 115 cm³/mol. The molecule has 1 aliphatic carbocycles. The number of amides is 1. The second-order valence-corrected chi connectivity index (χ2v) is 7.89. The van der Waals surface area contributed by atoms with E-state index in [0.717, 1.165) is 46.7 Å². The topological polar surface area (TPSA) is 56.8 Å². The summed E-state index contributed by atoms with van der Waals surface area (Å²) in [4.78, 5) is 13.2. The van der Waals surface area contributed by atoms with E-state index in [0.29, 0.717) is 5.75 Å². The van der Waals surface area contributed by atoms with Gasteiger partial charge >= 0.3 is 0 Å². The number of nitrogens with one attached hydrogen (secondary N) is 1. The maximum absolute atomic E-state index is 13.2. The average molecular weight is 401 g/mol. The lowest BCUT2D eigenvalue weighted by molar-refractivity contribution is -0.118. The summed E-state index contributed by atoms with van der Waals surface area (Å²) in [6.45, 7) is 2.29. The second kappa shape index (κ2) is 7.10. The largest absolute Gasteiger partial charge is 0.496 e. The van der Waals surface area contributed by atoms with Crippen molar-refractivity contribution in [1.82, 2.24) is 0 Å². The number of rotatable bonds is 5. The van der Waals surface area contributed by atoms with Gasteiger partial charge in [-0.25, -0.2) is 0 Å². The molecular formula is C25H23NO4. The summed E-state index contributed by atoms with van der Waals surface area (Å²) in [6, 6.07) is 19.8. The van der Waals surface area contributed by atoms with Gasteiger partial charge in [-0.3, -0.25) is 4.79 Å². The van der Waals surface area contributed by atoms with E-state index in [2.05, 4.69) is 36.5 Å².